The maximum Gasteiger partial charge on any atom is 0.228 e. The van der Waals surface area contributed by atoms with E-state index in [1.807, 2.05) is 6.07 Å². The highest BCUT2D eigenvalue weighted by Crippen LogP contribution is 2.30. The normalized spacial score (nSPS) is 21.8. The molecule has 0 unspecified atom stereocenters. The first-order valence-corrected chi connectivity index (χ1v) is 6.63. The van der Waals surface area contributed by atoms with Crippen molar-refractivity contribution in [3.05, 3.63) is 29.8 Å². The summed E-state index contributed by atoms with van der Waals surface area (Å²) < 4.78 is 0. The molecule has 0 spiro atoms. The number of carboxylic acids is 1. The van der Waals surface area contributed by atoms with E-state index in [0.29, 0.717) is 24.1 Å². The van der Waals surface area contributed by atoms with Gasteiger partial charge in [-0.2, -0.15) is 5.26 Å². The minimum atomic E-state index is -1.15. The Balaban J connectivity index is 2.06. The number of carbonyl (C=O) groups excluding carboxylic acids is 2. The molecule has 5 nitrogen and oxygen atoms in total. The Morgan fingerprint density at radius 2 is 1.75 bits per heavy atom. The number of hydrogen-bond donors (Lipinski definition) is 1. The molecule has 0 heterocycles. The van der Waals surface area contributed by atoms with Crippen LogP contribution in [0.5, 0.6) is 0 Å². The fourth-order valence-electron chi connectivity index (χ4n) is 2.59. The summed E-state index contributed by atoms with van der Waals surface area (Å²) in [7, 11) is 0. The standard InChI is InChI=1S/C15H16N2O3/c16-9-10-5-7-11(8-6-10)17-14(18)12-3-1-2-4-13(12)15(19)20/h5-8,12-13H,1-4H2,(H,17,18)(H,19,20)/p-1/t12-,13-/m0/s1. The average Bonchev–Trinajstić information content (AvgIpc) is 2.48. The van der Waals surface area contributed by atoms with Crippen LogP contribution < -0.4 is 10.4 Å². The lowest BCUT2D eigenvalue weighted by atomic mass is 9.78. The first-order valence-electron chi connectivity index (χ1n) is 6.63. The summed E-state index contributed by atoms with van der Waals surface area (Å²) in [6.07, 6.45) is 2.74. The lowest BCUT2D eigenvalue weighted by molar-refractivity contribution is -0.313. The zero-order chi connectivity index (χ0) is 14.5. The Kier molecular flexibility index (Phi) is 4.36. The molecule has 1 aliphatic carbocycles. The monoisotopic (exact) mass is 271 g/mol. The molecule has 1 aromatic rings. The van der Waals surface area contributed by atoms with E-state index in [-0.39, 0.29) is 5.91 Å². The van der Waals surface area contributed by atoms with Crippen molar-refractivity contribution in [2.24, 2.45) is 11.8 Å². The second-order valence-corrected chi connectivity index (χ2v) is 4.99. The molecule has 5 heteroatoms. The van der Waals surface area contributed by atoms with Gasteiger partial charge in [0.15, 0.2) is 0 Å². The molecule has 1 N–H and O–H groups in total. The third-order valence-electron chi connectivity index (χ3n) is 3.69. The van der Waals surface area contributed by atoms with E-state index in [0.717, 1.165) is 12.8 Å². The molecule has 0 bridgehead atoms. The van der Waals surface area contributed by atoms with Gasteiger partial charge in [0.25, 0.3) is 0 Å². The van der Waals surface area contributed by atoms with E-state index in [1.54, 1.807) is 24.3 Å². The molecule has 2 atom stereocenters. The average molecular weight is 271 g/mol. The van der Waals surface area contributed by atoms with Gasteiger partial charge in [-0.25, -0.2) is 0 Å². The number of nitrogens with zero attached hydrogens (tertiary/aromatic N) is 1. The van der Waals surface area contributed by atoms with Gasteiger partial charge in [0, 0.05) is 23.5 Å². The van der Waals surface area contributed by atoms with Crippen LogP contribution in [-0.4, -0.2) is 11.9 Å². The molecule has 1 aliphatic rings. The molecule has 20 heavy (non-hydrogen) atoms. The molecule has 0 radical (unpaired) electrons. The highest BCUT2D eigenvalue weighted by Gasteiger charge is 2.31. The fourth-order valence-corrected chi connectivity index (χ4v) is 2.59. The van der Waals surface area contributed by atoms with Crippen LogP contribution in [0.4, 0.5) is 5.69 Å². The van der Waals surface area contributed by atoms with Crippen molar-refractivity contribution in [1.82, 2.24) is 0 Å². The summed E-state index contributed by atoms with van der Waals surface area (Å²) in [5, 5.41) is 22.5. The van der Waals surface area contributed by atoms with Crippen molar-refractivity contribution in [3.8, 4) is 6.07 Å². The molecule has 1 saturated carbocycles. The molecular weight excluding hydrogens is 256 g/mol. The molecule has 1 fully saturated rings. The van der Waals surface area contributed by atoms with E-state index in [4.69, 9.17) is 5.26 Å². The van der Waals surface area contributed by atoms with Crippen LogP contribution in [0.1, 0.15) is 31.2 Å². The van der Waals surface area contributed by atoms with Crippen molar-refractivity contribution in [2.45, 2.75) is 25.7 Å². The topological polar surface area (TPSA) is 93.0 Å². The van der Waals surface area contributed by atoms with E-state index in [9.17, 15) is 14.7 Å². The summed E-state index contributed by atoms with van der Waals surface area (Å²) in [5.74, 6) is -2.68. The second-order valence-electron chi connectivity index (χ2n) is 4.99. The maximum absolute atomic E-state index is 12.2. The van der Waals surface area contributed by atoms with Crippen molar-refractivity contribution in [2.75, 3.05) is 5.32 Å². The summed E-state index contributed by atoms with van der Waals surface area (Å²) in [6.45, 7) is 0. The van der Waals surface area contributed by atoms with Gasteiger partial charge < -0.3 is 15.2 Å². The first-order chi connectivity index (χ1) is 9.61. The summed E-state index contributed by atoms with van der Waals surface area (Å²) >= 11 is 0. The number of nitrogens with one attached hydrogen (secondary N) is 1. The number of anilines is 1. The summed E-state index contributed by atoms with van der Waals surface area (Å²) in [4.78, 5) is 23.2. The zero-order valence-electron chi connectivity index (χ0n) is 11.0. The molecule has 1 aromatic carbocycles. The van der Waals surface area contributed by atoms with E-state index >= 15 is 0 Å². The van der Waals surface area contributed by atoms with Gasteiger partial charge in [-0.15, -0.1) is 0 Å². The molecule has 104 valence electrons. The number of benzene rings is 1. The van der Waals surface area contributed by atoms with E-state index in [2.05, 4.69) is 5.32 Å². The van der Waals surface area contributed by atoms with Crippen molar-refractivity contribution >= 4 is 17.6 Å². The smallest absolute Gasteiger partial charge is 0.228 e. The lowest BCUT2D eigenvalue weighted by Gasteiger charge is -2.31. The molecule has 0 aromatic heterocycles. The Morgan fingerprint density at radius 1 is 1.15 bits per heavy atom. The van der Waals surface area contributed by atoms with Crippen LogP contribution in [-0.2, 0) is 9.59 Å². The summed E-state index contributed by atoms with van der Waals surface area (Å²) in [6, 6.07) is 8.47. The van der Waals surface area contributed by atoms with Gasteiger partial charge in [0.1, 0.15) is 0 Å². The number of hydrogen-bond acceptors (Lipinski definition) is 4. The SMILES string of the molecule is N#Cc1ccc(NC(=O)[C@H]2CCCC[C@@H]2C(=O)[O-])cc1. The molecule has 2 rings (SSSR count). The van der Waals surface area contributed by atoms with Gasteiger partial charge in [-0.05, 0) is 37.1 Å². The van der Waals surface area contributed by atoms with Gasteiger partial charge in [-0.1, -0.05) is 12.8 Å². The first kappa shape index (κ1) is 14.1. The molecule has 0 aliphatic heterocycles. The van der Waals surface area contributed by atoms with Crippen LogP contribution >= 0.6 is 0 Å². The number of nitriles is 1. The largest absolute Gasteiger partial charge is 0.550 e. The van der Waals surface area contributed by atoms with Gasteiger partial charge in [-0.3, -0.25) is 4.79 Å². The highest BCUT2D eigenvalue weighted by molar-refractivity contribution is 5.95. The number of rotatable bonds is 3. The third-order valence-corrected chi connectivity index (χ3v) is 3.69. The molecule has 1 amide bonds. The number of carboxylic acid groups (broad SMARTS) is 1. The Hall–Kier alpha value is -2.35. The Bertz CT molecular complexity index is 545. The predicted molar refractivity (Wildman–Crippen MR) is 70.2 cm³/mol. The van der Waals surface area contributed by atoms with Crippen molar-refractivity contribution in [1.29, 1.82) is 5.26 Å². The van der Waals surface area contributed by atoms with Crippen LogP contribution in [0.3, 0.4) is 0 Å². The fraction of sp³-hybridized carbons (Fsp3) is 0.400. The van der Waals surface area contributed by atoms with Gasteiger partial charge >= 0.3 is 0 Å². The zero-order valence-corrected chi connectivity index (χ0v) is 11.0. The van der Waals surface area contributed by atoms with Crippen LogP contribution in [0.25, 0.3) is 0 Å². The van der Waals surface area contributed by atoms with Gasteiger partial charge in [0.2, 0.25) is 5.91 Å². The summed E-state index contributed by atoms with van der Waals surface area (Å²) in [5.41, 5.74) is 1.07. The minimum Gasteiger partial charge on any atom is -0.550 e. The lowest BCUT2D eigenvalue weighted by Crippen LogP contribution is -2.42. The van der Waals surface area contributed by atoms with Crippen LogP contribution in [0.15, 0.2) is 24.3 Å². The number of amides is 1. The minimum absolute atomic E-state index is 0.288. The molecular formula is C15H15N2O3-. The van der Waals surface area contributed by atoms with E-state index in [1.165, 1.54) is 0 Å². The van der Waals surface area contributed by atoms with Gasteiger partial charge in [0.05, 0.1) is 11.6 Å². The number of aliphatic carboxylic acids is 1. The van der Waals surface area contributed by atoms with Crippen molar-refractivity contribution < 1.29 is 14.7 Å². The maximum atomic E-state index is 12.2. The molecule has 0 saturated heterocycles. The van der Waals surface area contributed by atoms with Crippen molar-refractivity contribution in [3.63, 3.8) is 0 Å². The highest BCUT2D eigenvalue weighted by atomic mass is 16.4. The van der Waals surface area contributed by atoms with Crippen LogP contribution in [0, 0.1) is 23.2 Å². The Labute approximate surface area is 117 Å². The van der Waals surface area contributed by atoms with Crippen LogP contribution in [0.2, 0.25) is 0 Å². The quantitative estimate of drug-likeness (QED) is 0.889. The number of carbonyl (C=O) groups is 2. The second kappa shape index (κ2) is 6.20. The van der Waals surface area contributed by atoms with E-state index < -0.39 is 17.8 Å². The Morgan fingerprint density at radius 3 is 2.30 bits per heavy atom. The third kappa shape index (κ3) is 3.15. The predicted octanol–water partition coefficient (Wildman–Crippen LogP) is 1.05.